The molecule has 0 atom stereocenters. The van der Waals surface area contributed by atoms with Gasteiger partial charge in [0, 0.05) is 43.1 Å². The topological polar surface area (TPSA) is 63.3 Å². The highest BCUT2D eigenvalue weighted by Gasteiger charge is 2.12. The SMILES string of the molecule is C=CCN(CC=C)c1ccc(/C=C/C2=CC(=C(C#N)C#N)C=C(/C=C/c3ccc(N(CCCCC)CCCCC)cc3)O2)cc1. The fourth-order valence-electron chi connectivity index (χ4n) is 5.03. The molecule has 0 saturated carbocycles. The summed E-state index contributed by atoms with van der Waals surface area (Å²) in [4.78, 5) is 4.68. The third kappa shape index (κ3) is 11.2. The molecule has 2 aromatic rings. The van der Waals surface area contributed by atoms with Crippen LogP contribution in [-0.2, 0) is 4.74 Å². The predicted molar refractivity (Wildman–Crippen MR) is 190 cm³/mol. The summed E-state index contributed by atoms with van der Waals surface area (Å²) in [6.07, 6.45) is 22.2. The van der Waals surface area contributed by atoms with E-state index in [2.05, 4.69) is 73.2 Å². The van der Waals surface area contributed by atoms with Crippen molar-refractivity contribution in [3.8, 4) is 12.1 Å². The van der Waals surface area contributed by atoms with Gasteiger partial charge in [-0.05, 0) is 72.5 Å². The standard InChI is InChI=1S/C40H46N4O/c1-5-9-11-27-44(28-12-10-6-2)38-21-15-34(16-22-38)18-24-40-30-35(36(31-41)32-42)29-39(45-40)23-17-33-13-19-37(20-14-33)43(25-7-3)26-8-4/h7-8,13-24,29-30H,3-6,9-12,25-28H2,1-2H3/b23-17+,24-18+. The largest absolute Gasteiger partial charge is 0.457 e. The molecular weight excluding hydrogens is 552 g/mol. The third-order valence-corrected chi connectivity index (χ3v) is 7.50. The Kier molecular flexibility index (Phi) is 14.8. The first-order valence-corrected chi connectivity index (χ1v) is 16.0. The van der Waals surface area contributed by atoms with E-state index in [1.54, 1.807) is 12.2 Å². The van der Waals surface area contributed by atoms with Crippen molar-refractivity contribution in [1.82, 2.24) is 0 Å². The van der Waals surface area contributed by atoms with Crippen LogP contribution in [-0.4, -0.2) is 26.2 Å². The lowest BCUT2D eigenvalue weighted by atomic mass is 10.0. The highest BCUT2D eigenvalue weighted by Crippen LogP contribution is 2.26. The van der Waals surface area contributed by atoms with E-state index in [-0.39, 0.29) is 5.57 Å². The van der Waals surface area contributed by atoms with E-state index in [9.17, 15) is 10.5 Å². The number of benzene rings is 2. The van der Waals surface area contributed by atoms with Gasteiger partial charge in [-0.3, -0.25) is 0 Å². The van der Waals surface area contributed by atoms with Crippen molar-refractivity contribution in [2.45, 2.75) is 52.4 Å². The van der Waals surface area contributed by atoms with Crippen LogP contribution in [0.3, 0.4) is 0 Å². The van der Waals surface area contributed by atoms with E-state index in [1.807, 2.05) is 60.7 Å². The van der Waals surface area contributed by atoms with Crippen LogP contribution in [0.5, 0.6) is 0 Å². The van der Waals surface area contributed by atoms with Crippen LogP contribution in [0, 0.1) is 22.7 Å². The van der Waals surface area contributed by atoms with E-state index in [4.69, 9.17) is 4.74 Å². The van der Waals surface area contributed by atoms with Gasteiger partial charge in [0.15, 0.2) is 0 Å². The summed E-state index contributed by atoms with van der Waals surface area (Å²) in [7, 11) is 0. The van der Waals surface area contributed by atoms with Crippen molar-refractivity contribution in [2.24, 2.45) is 0 Å². The fourth-order valence-corrected chi connectivity index (χ4v) is 5.03. The van der Waals surface area contributed by atoms with Crippen LogP contribution in [0.4, 0.5) is 11.4 Å². The first-order chi connectivity index (χ1) is 22.0. The molecular formula is C40H46N4O. The number of nitriles is 2. The highest BCUT2D eigenvalue weighted by molar-refractivity contribution is 5.62. The summed E-state index contributed by atoms with van der Waals surface area (Å²) in [5, 5.41) is 19.1. The zero-order chi connectivity index (χ0) is 32.3. The van der Waals surface area contributed by atoms with Gasteiger partial charge in [-0.15, -0.1) is 13.2 Å². The van der Waals surface area contributed by atoms with E-state index < -0.39 is 0 Å². The van der Waals surface area contributed by atoms with Gasteiger partial charge in [0.1, 0.15) is 29.2 Å². The number of unbranched alkanes of at least 4 members (excludes halogenated alkanes) is 4. The molecule has 5 nitrogen and oxygen atoms in total. The van der Waals surface area contributed by atoms with E-state index >= 15 is 0 Å². The molecule has 1 aliphatic heterocycles. The molecule has 1 heterocycles. The molecule has 0 aromatic heterocycles. The van der Waals surface area contributed by atoms with E-state index in [1.165, 1.54) is 44.2 Å². The number of anilines is 2. The van der Waals surface area contributed by atoms with Crippen molar-refractivity contribution in [3.63, 3.8) is 0 Å². The smallest absolute Gasteiger partial charge is 0.137 e. The van der Waals surface area contributed by atoms with Crippen LogP contribution >= 0.6 is 0 Å². The normalized spacial score (nSPS) is 12.6. The quantitative estimate of drug-likeness (QED) is 0.0971. The van der Waals surface area contributed by atoms with Crippen LogP contribution in [0.1, 0.15) is 63.5 Å². The summed E-state index contributed by atoms with van der Waals surface area (Å²) in [5.74, 6) is 1.10. The fraction of sp³-hybridized carbons (Fsp3) is 0.300. The van der Waals surface area contributed by atoms with Crippen molar-refractivity contribution in [1.29, 1.82) is 10.5 Å². The first kappa shape index (κ1) is 34.5. The minimum Gasteiger partial charge on any atom is -0.457 e. The Morgan fingerprint density at radius 2 is 1.11 bits per heavy atom. The number of rotatable bonds is 18. The molecule has 0 aliphatic carbocycles. The molecule has 0 amide bonds. The molecule has 1 aliphatic rings. The Morgan fingerprint density at radius 1 is 0.667 bits per heavy atom. The molecule has 45 heavy (non-hydrogen) atoms. The van der Waals surface area contributed by atoms with Crippen LogP contribution in [0.25, 0.3) is 12.2 Å². The summed E-state index contributed by atoms with van der Waals surface area (Å²) in [6.45, 7) is 15.8. The van der Waals surface area contributed by atoms with Crippen molar-refractivity contribution < 1.29 is 4.74 Å². The second kappa shape index (κ2) is 19.3. The van der Waals surface area contributed by atoms with Gasteiger partial charge in [-0.25, -0.2) is 0 Å². The second-order valence-corrected chi connectivity index (χ2v) is 11.0. The molecule has 3 rings (SSSR count). The summed E-state index contributed by atoms with van der Waals surface area (Å²) in [6, 6.07) is 20.8. The lowest BCUT2D eigenvalue weighted by Crippen LogP contribution is -2.25. The van der Waals surface area contributed by atoms with Gasteiger partial charge in [0.2, 0.25) is 0 Å². The maximum atomic E-state index is 9.53. The zero-order valence-electron chi connectivity index (χ0n) is 26.9. The molecule has 0 saturated heterocycles. The van der Waals surface area contributed by atoms with Gasteiger partial charge in [0.25, 0.3) is 0 Å². The number of ether oxygens (including phenoxy) is 1. The Bertz CT molecular complexity index is 1460. The molecule has 0 unspecified atom stereocenters. The summed E-state index contributed by atoms with van der Waals surface area (Å²) >= 11 is 0. The van der Waals surface area contributed by atoms with Crippen LogP contribution in [0.2, 0.25) is 0 Å². The predicted octanol–water partition coefficient (Wildman–Crippen LogP) is 9.92. The Balaban J connectivity index is 1.76. The Morgan fingerprint density at radius 3 is 1.51 bits per heavy atom. The minimum atomic E-state index is 0.0413. The van der Waals surface area contributed by atoms with Gasteiger partial charge in [0.05, 0.1) is 0 Å². The molecule has 2 aromatic carbocycles. The first-order valence-electron chi connectivity index (χ1n) is 16.0. The average molecular weight is 599 g/mol. The second-order valence-electron chi connectivity index (χ2n) is 11.0. The van der Waals surface area contributed by atoms with Crippen molar-refractivity contribution in [2.75, 3.05) is 36.0 Å². The number of allylic oxidation sites excluding steroid dienone is 6. The number of hydrogen-bond donors (Lipinski definition) is 0. The molecule has 5 heteroatoms. The monoisotopic (exact) mass is 598 g/mol. The average Bonchev–Trinajstić information content (AvgIpc) is 3.07. The van der Waals surface area contributed by atoms with Crippen molar-refractivity contribution in [3.05, 3.63) is 132 Å². The van der Waals surface area contributed by atoms with Gasteiger partial charge >= 0.3 is 0 Å². The highest BCUT2D eigenvalue weighted by atomic mass is 16.5. The zero-order valence-corrected chi connectivity index (χ0v) is 26.9. The summed E-state index contributed by atoms with van der Waals surface area (Å²) in [5.41, 5.74) is 4.95. The molecule has 0 N–H and O–H groups in total. The Hall–Kier alpha value is -5.00. The van der Waals surface area contributed by atoms with Crippen LogP contribution < -0.4 is 9.80 Å². The number of nitrogens with zero attached hydrogens (tertiary/aromatic N) is 4. The minimum absolute atomic E-state index is 0.0413. The molecule has 232 valence electrons. The van der Waals surface area contributed by atoms with Crippen LogP contribution in [0.15, 0.2) is 121 Å². The molecule has 0 fully saturated rings. The third-order valence-electron chi connectivity index (χ3n) is 7.50. The van der Waals surface area contributed by atoms with Crippen molar-refractivity contribution >= 4 is 23.5 Å². The molecule has 0 bridgehead atoms. The lowest BCUT2D eigenvalue weighted by Gasteiger charge is -2.25. The molecule has 0 spiro atoms. The molecule has 0 radical (unpaired) electrons. The van der Waals surface area contributed by atoms with Gasteiger partial charge in [-0.2, -0.15) is 10.5 Å². The van der Waals surface area contributed by atoms with Gasteiger partial charge < -0.3 is 14.5 Å². The summed E-state index contributed by atoms with van der Waals surface area (Å²) < 4.78 is 6.15. The van der Waals surface area contributed by atoms with Gasteiger partial charge in [-0.1, -0.05) is 88.1 Å². The maximum Gasteiger partial charge on any atom is 0.137 e. The lowest BCUT2D eigenvalue weighted by molar-refractivity contribution is 0.332. The van der Waals surface area contributed by atoms with E-state index in [0.717, 1.165) is 43.0 Å². The Labute approximate surface area is 270 Å². The number of hydrogen-bond acceptors (Lipinski definition) is 5. The van der Waals surface area contributed by atoms with E-state index in [0.29, 0.717) is 17.1 Å². The maximum absolute atomic E-state index is 9.53.